The normalized spacial score (nSPS) is 11.0. The first kappa shape index (κ1) is 19.5. The molecule has 6 nitrogen and oxygen atoms in total. The molecule has 1 heterocycles. The summed E-state index contributed by atoms with van der Waals surface area (Å²) >= 11 is 0. The van der Waals surface area contributed by atoms with Gasteiger partial charge in [0.25, 0.3) is 5.56 Å². The number of aliphatic hydroxyl groups excluding tert-OH is 1. The van der Waals surface area contributed by atoms with E-state index in [2.05, 4.69) is 0 Å². The van der Waals surface area contributed by atoms with E-state index in [1.165, 1.54) is 4.57 Å². The van der Waals surface area contributed by atoms with Gasteiger partial charge in [0.05, 0.1) is 23.1 Å². The summed E-state index contributed by atoms with van der Waals surface area (Å²) < 4.78 is 2.77. The topological polar surface area (TPSA) is 81.3 Å². The molecule has 4 rings (SSSR count). The average molecular weight is 400 g/mol. The molecule has 3 aromatic carbocycles. The van der Waals surface area contributed by atoms with Crippen molar-refractivity contribution < 1.29 is 9.90 Å². The molecular weight excluding hydrogens is 380 g/mol. The fourth-order valence-corrected chi connectivity index (χ4v) is 3.57. The largest absolute Gasteiger partial charge is 0.388 e. The molecule has 4 aromatic rings. The number of aliphatic hydroxyl groups is 1. The molecule has 0 aliphatic carbocycles. The van der Waals surface area contributed by atoms with E-state index in [1.807, 2.05) is 19.1 Å². The summed E-state index contributed by atoms with van der Waals surface area (Å²) in [5, 5.41) is 9.46. The molecule has 0 atom stereocenters. The number of hydrogen-bond acceptors (Lipinski definition) is 4. The van der Waals surface area contributed by atoms with Crippen LogP contribution in [0.4, 0.5) is 0 Å². The highest BCUT2D eigenvalue weighted by Gasteiger charge is 2.16. The van der Waals surface area contributed by atoms with E-state index >= 15 is 0 Å². The molecule has 0 unspecified atom stereocenters. The minimum Gasteiger partial charge on any atom is -0.388 e. The number of para-hydroxylation sites is 2. The number of aromatic nitrogens is 2. The number of ketones is 1. The monoisotopic (exact) mass is 400 g/mol. The van der Waals surface area contributed by atoms with E-state index in [1.54, 1.807) is 65.2 Å². The van der Waals surface area contributed by atoms with Gasteiger partial charge >= 0.3 is 5.69 Å². The Labute approximate surface area is 172 Å². The van der Waals surface area contributed by atoms with Crippen LogP contribution in [0, 0.1) is 6.92 Å². The lowest BCUT2D eigenvalue weighted by Crippen LogP contribution is -2.39. The molecule has 0 spiro atoms. The number of rotatable bonds is 5. The molecule has 150 valence electrons. The van der Waals surface area contributed by atoms with Crippen LogP contribution in [0.15, 0.2) is 82.4 Å². The number of carbonyl (C=O) groups excluding carboxylic acids is 1. The molecule has 0 saturated carbocycles. The number of fused-ring (bicyclic) bond motifs is 1. The van der Waals surface area contributed by atoms with Crippen molar-refractivity contribution in [2.45, 2.75) is 13.5 Å². The van der Waals surface area contributed by atoms with Gasteiger partial charge in [-0.1, -0.05) is 54.6 Å². The maximum absolute atomic E-state index is 13.4. The van der Waals surface area contributed by atoms with Crippen molar-refractivity contribution in [2.24, 2.45) is 0 Å². The van der Waals surface area contributed by atoms with Gasteiger partial charge in [-0.3, -0.25) is 14.2 Å². The molecule has 0 fully saturated rings. The van der Waals surface area contributed by atoms with Gasteiger partial charge in [-0.05, 0) is 36.2 Å². The van der Waals surface area contributed by atoms with Crippen LogP contribution in [0.2, 0.25) is 0 Å². The summed E-state index contributed by atoms with van der Waals surface area (Å²) in [6.45, 7) is 1.54. The van der Waals surface area contributed by atoms with E-state index in [9.17, 15) is 14.4 Å². The van der Waals surface area contributed by atoms with E-state index in [0.717, 1.165) is 11.1 Å². The van der Waals surface area contributed by atoms with Crippen molar-refractivity contribution in [3.8, 4) is 5.69 Å². The zero-order valence-electron chi connectivity index (χ0n) is 16.4. The molecule has 30 heavy (non-hydrogen) atoms. The third-order valence-corrected chi connectivity index (χ3v) is 5.17. The number of nitrogens with zero attached hydrogens (tertiary/aromatic N) is 2. The summed E-state index contributed by atoms with van der Waals surface area (Å²) in [7, 11) is 0. The third-order valence-electron chi connectivity index (χ3n) is 5.17. The Bertz CT molecular complexity index is 1360. The van der Waals surface area contributed by atoms with Gasteiger partial charge in [-0.25, -0.2) is 9.36 Å². The number of hydrogen-bond donors (Lipinski definition) is 1. The summed E-state index contributed by atoms with van der Waals surface area (Å²) in [5.74, 6) is -0.364. The van der Waals surface area contributed by atoms with Gasteiger partial charge in [-0.2, -0.15) is 0 Å². The fourth-order valence-electron chi connectivity index (χ4n) is 3.57. The highest BCUT2D eigenvalue weighted by Crippen LogP contribution is 2.15. The van der Waals surface area contributed by atoms with Crippen LogP contribution in [0.25, 0.3) is 16.6 Å². The molecule has 0 saturated heterocycles. The molecule has 1 aromatic heterocycles. The van der Waals surface area contributed by atoms with Crippen LogP contribution in [0.5, 0.6) is 0 Å². The second-order valence-electron chi connectivity index (χ2n) is 7.09. The van der Waals surface area contributed by atoms with Gasteiger partial charge in [0.15, 0.2) is 5.78 Å². The van der Waals surface area contributed by atoms with Crippen LogP contribution in [0.1, 0.15) is 21.5 Å². The molecule has 6 heteroatoms. The van der Waals surface area contributed by atoms with Crippen molar-refractivity contribution in [2.75, 3.05) is 6.61 Å². The van der Waals surface area contributed by atoms with Crippen LogP contribution in [0.3, 0.4) is 0 Å². The summed E-state index contributed by atoms with van der Waals surface area (Å²) in [6.07, 6.45) is 0. The summed E-state index contributed by atoms with van der Waals surface area (Å²) in [4.78, 5) is 38.2. The van der Waals surface area contributed by atoms with Crippen molar-refractivity contribution in [3.63, 3.8) is 0 Å². The average Bonchev–Trinajstić information content (AvgIpc) is 2.78. The lowest BCUT2D eigenvalue weighted by atomic mass is 10.1. The number of benzene rings is 3. The second-order valence-corrected chi connectivity index (χ2v) is 7.09. The maximum Gasteiger partial charge on any atom is 0.336 e. The van der Waals surface area contributed by atoms with Crippen molar-refractivity contribution in [1.82, 2.24) is 9.13 Å². The third kappa shape index (κ3) is 3.38. The van der Waals surface area contributed by atoms with E-state index in [-0.39, 0.29) is 17.9 Å². The van der Waals surface area contributed by atoms with Crippen molar-refractivity contribution >= 4 is 16.7 Å². The van der Waals surface area contributed by atoms with Gasteiger partial charge in [0.1, 0.15) is 6.61 Å². The van der Waals surface area contributed by atoms with Crippen LogP contribution < -0.4 is 11.2 Å². The molecule has 1 N–H and O–H groups in total. The Kier molecular flexibility index (Phi) is 5.16. The Morgan fingerprint density at radius 1 is 0.900 bits per heavy atom. The molecule has 0 bridgehead atoms. The number of carbonyl (C=O) groups is 1. The van der Waals surface area contributed by atoms with E-state index in [0.29, 0.717) is 22.2 Å². The summed E-state index contributed by atoms with van der Waals surface area (Å²) in [5.41, 5.74) is 2.35. The van der Waals surface area contributed by atoms with E-state index in [4.69, 9.17) is 5.11 Å². The molecule has 0 aliphatic heterocycles. The van der Waals surface area contributed by atoms with Crippen molar-refractivity contribution in [1.29, 1.82) is 0 Å². The van der Waals surface area contributed by atoms with E-state index < -0.39 is 12.3 Å². The summed E-state index contributed by atoms with van der Waals surface area (Å²) in [6, 6.07) is 21.0. The van der Waals surface area contributed by atoms with Crippen molar-refractivity contribution in [3.05, 3.63) is 110 Å². The Morgan fingerprint density at radius 2 is 1.57 bits per heavy atom. The minimum absolute atomic E-state index is 0.235. The quantitative estimate of drug-likeness (QED) is 0.522. The first-order valence-electron chi connectivity index (χ1n) is 9.55. The maximum atomic E-state index is 13.4. The standard InChI is InChI=1S/C24H20N2O4/c1-16-6-2-4-8-20(16)26-23(29)19-7-3-5-9-21(19)25(24(26)30)14-17-10-12-18(13-11-17)22(28)15-27/h2-13,27H,14-15H2,1H3. The molecular formula is C24H20N2O4. The Hall–Kier alpha value is -3.77. The van der Waals surface area contributed by atoms with Gasteiger partial charge in [0, 0.05) is 5.56 Å². The van der Waals surface area contributed by atoms with Crippen LogP contribution in [-0.4, -0.2) is 26.6 Å². The molecule has 0 radical (unpaired) electrons. The number of aryl methyl sites for hydroxylation is 1. The smallest absolute Gasteiger partial charge is 0.336 e. The first-order valence-corrected chi connectivity index (χ1v) is 9.55. The Balaban J connectivity index is 1.92. The van der Waals surface area contributed by atoms with Gasteiger partial charge < -0.3 is 5.11 Å². The highest BCUT2D eigenvalue weighted by molar-refractivity contribution is 5.96. The second kappa shape index (κ2) is 7.93. The highest BCUT2D eigenvalue weighted by atomic mass is 16.3. The Morgan fingerprint density at radius 3 is 2.27 bits per heavy atom. The molecule has 0 amide bonds. The predicted octanol–water partition coefficient (Wildman–Crippen LogP) is 2.68. The fraction of sp³-hybridized carbons (Fsp3) is 0.125. The lowest BCUT2D eigenvalue weighted by molar-refractivity contribution is 0.0903. The van der Waals surface area contributed by atoms with Crippen LogP contribution >= 0.6 is 0 Å². The zero-order valence-corrected chi connectivity index (χ0v) is 16.4. The van der Waals surface area contributed by atoms with Gasteiger partial charge in [0.2, 0.25) is 0 Å². The predicted molar refractivity (Wildman–Crippen MR) is 116 cm³/mol. The number of Topliss-reactive ketones (excluding diaryl/α,β-unsaturated/α-hetero) is 1. The SMILES string of the molecule is Cc1ccccc1-n1c(=O)c2ccccc2n(Cc2ccc(C(=O)CO)cc2)c1=O. The lowest BCUT2D eigenvalue weighted by Gasteiger charge is -2.15. The minimum atomic E-state index is -0.551. The van der Waals surface area contributed by atoms with Crippen LogP contribution in [-0.2, 0) is 6.54 Å². The first-order chi connectivity index (χ1) is 14.5. The molecule has 0 aliphatic rings. The van der Waals surface area contributed by atoms with Gasteiger partial charge in [-0.15, -0.1) is 0 Å². The zero-order chi connectivity index (χ0) is 21.3.